The summed E-state index contributed by atoms with van der Waals surface area (Å²) >= 11 is 0. The minimum atomic E-state index is -0.810. The van der Waals surface area contributed by atoms with E-state index in [0.29, 0.717) is 0 Å². The largest absolute Gasteiger partial charge is 0.396 e. The Balaban J connectivity index is 1.55. The predicted molar refractivity (Wildman–Crippen MR) is 103 cm³/mol. The van der Waals surface area contributed by atoms with Gasteiger partial charge in [-0.3, -0.25) is 15.1 Å². The standard InChI is InChI=1S/C19H33N5O3/c1-18(15(26)22-17(27)23-18)14-5-10-24(11-6-14)16(20-2)21-13-19(9-12-25)7-3-4-8-19/h14,25H,3-13H2,1-2H3,(H,20,21)(H2,22,23,26,27). The first-order chi connectivity index (χ1) is 12.9. The van der Waals surface area contributed by atoms with Gasteiger partial charge in [-0.05, 0) is 50.4 Å². The molecule has 3 fully saturated rings. The number of aliphatic hydroxyl groups is 1. The van der Waals surface area contributed by atoms with Crippen LogP contribution in [-0.2, 0) is 4.79 Å². The van der Waals surface area contributed by atoms with E-state index >= 15 is 0 Å². The summed E-state index contributed by atoms with van der Waals surface area (Å²) in [5, 5.41) is 18.1. The minimum Gasteiger partial charge on any atom is -0.396 e. The first-order valence-electron chi connectivity index (χ1n) is 10.1. The van der Waals surface area contributed by atoms with E-state index in [0.717, 1.165) is 57.7 Å². The zero-order valence-corrected chi connectivity index (χ0v) is 16.5. The van der Waals surface area contributed by atoms with E-state index in [1.807, 2.05) is 6.92 Å². The van der Waals surface area contributed by atoms with Crippen LogP contribution in [0.1, 0.15) is 51.9 Å². The Kier molecular flexibility index (Phi) is 5.93. The van der Waals surface area contributed by atoms with Crippen molar-refractivity contribution in [2.45, 2.75) is 57.4 Å². The van der Waals surface area contributed by atoms with E-state index in [4.69, 9.17) is 0 Å². The maximum atomic E-state index is 12.2. The van der Waals surface area contributed by atoms with E-state index in [-0.39, 0.29) is 23.8 Å². The third-order valence-electron chi connectivity index (χ3n) is 6.82. The molecular formula is C19H33N5O3. The summed E-state index contributed by atoms with van der Waals surface area (Å²) in [7, 11) is 1.80. The summed E-state index contributed by atoms with van der Waals surface area (Å²) in [5.41, 5.74) is -0.627. The molecule has 2 heterocycles. The van der Waals surface area contributed by atoms with Crippen LogP contribution < -0.4 is 16.0 Å². The molecule has 2 saturated heterocycles. The van der Waals surface area contributed by atoms with Gasteiger partial charge in [0.1, 0.15) is 5.54 Å². The normalized spacial score (nSPS) is 29.0. The van der Waals surface area contributed by atoms with Crippen molar-refractivity contribution >= 4 is 17.9 Å². The number of hydrogen-bond acceptors (Lipinski definition) is 4. The second-order valence-electron chi connectivity index (χ2n) is 8.45. The van der Waals surface area contributed by atoms with Crippen LogP contribution in [0.2, 0.25) is 0 Å². The van der Waals surface area contributed by atoms with Gasteiger partial charge in [0.25, 0.3) is 5.91 Å². The van der Waals surface area contributed by atoms with Crippen LogP contribution in [0.15, 0.2) is 4.99 Å². The van der Waals surface area contributed by atoms with Crippen molar-refractivity contribution in [2.75, 3.05) is 33.3 Å². The van der Waals surface area contributed by atoms with E-state index in [1.165, 1.54) is 12.8 Å². The van der Waals surface area contributed by atoms with Gasteiger partial charge in [-0.25, -0.2) is 4.79 Å². The number of imide groups is 1. The summed E-state index contributed by atoms with van der Waals surface area (Å²) in [6.45, 7) is 4.50. The van der Waals surface area contributed by atoms with Gasteiger partial charge >= 0.3 is 6.03 Å². The number of carbonyl (C=O) groups is 2. The van der Waals surface area contributed by atoms with Crippen molar-refractivity contribution in [3.05, 3.63) is 0 Å². The Labute approximate surface area is 161 Å². The molecule has 8 nitrogen and oxygen atoms in total. The molecule has 4 N–H and O–H groups in total. The Hall–Kier alpha value is -1.83. The van der Waals surface area contributed by atoms with Crippen LogP contribution in [0.5, 0.6) is 0 Å². The number of nitrogens with one attached hydrogen (secondary N) is 3. The van der Waals surface area contributed by atoms with Crippen LogP contribution in [-0.4, -0.2) is 66.7 Å². The summed E-state index contributed by atoms with van der Waals surface area (Å²) in [4.78, 5) is 30.4. The van der Waals surface area contributed by atoms with Crippen LogP contribution in [0.3, 0.4) is 0 Å². The van der Waals surface area contributed by atoms with Crippen molar-refractivity contribution < 1.29 is 14.7 Å². The first kappa shape index (κ1) is 19.9. The molecule has 152 valence electrons. The maximum Gasteiger partial charge on any atom is 0.322 e. The van der Waals surface area contributed by atoms with Gasteiger partial charge in [-0.2, -0.15) is 0 Å². The van der Waals surface area contributed by atoms with Gasteiger partial charge < -0.3 is 20.6 Å². The number of nitrogens with zero attached hydrogens (tertiary/aromatic N) is 2. The summed E-state index contributed by atoms with van der Waals surface area (Å²) in [6.07, 6.45) is 7.28. The zero-order valence-electron chi connectivity index (χ0n) is 16.5. The molecule has 3 amide bonds. The van der Waals surface area contributed by atoms with Crippen LogP contribution in [0.25, 0.3) is 0 Å². The molecule has 3 rings (SSSR count). The molecule has 27 heavy (non-hydrogen) atoms. The number of urea groups is 1. The Morgan fingerprint density at radius 2 is 1.96 bits per heavy atom. The fourth-order valence-electron chi connectivity index (χ4n) is 4.99. The van der Waals surface area contributed by atoms with E-state index < -0.39 is 11.6 Å². The molecule has 1 aliphatic carbocycles. The fourth-order valence-corrected chi connectivity index (χ4v) is 4.99. The van der Waals surface area contributed by atoms with Gasteiger partial charge in [-0.15, -0.1) is 0 Å². The SMILES string of the molecule is CN=C(NCC1(CCO)CCCC1)N1CCC(C2(C)NC(=O)NC2=O)CC1. The molecule has 0 aromatic heterocycles. The van der Waals surface area contributed by atoms with Gasteiger partial charge in [0, 0.05) is 33.3 Å². The monoisotopic (exact) mass is 379 g/mol. The van der Waals surface area contributed by atoms with Crippen LogP contribution in [0.4, 0.5) is 4.79 Å². The van der Waals surface area contributed by atoms with Crippen molar-refractivity contribution in [1.29, 1.82) is 0 Å². The van der Waals surface area contributed by atoms with Crippen molar-refractivity contribution in [3.8, 4) is 0 Å². The van der Waals surface area contributed by atoms with Crippen molar-refractivity contribution in [3.63, 3.8) is 0 Å². The Morgan fingerprint density at radius 3 is 2.48 bits per heavy atom. The lowest BCUT2D eigenvalue weighted by Crippen LogP contribution is -2.56. The number of piperidine rings is 1. The Morgan fingerprint density at radius 1 is 1.30 bits per heavy atom. The number of rotatable bonds is 5. The lowest BCUT2D eigenvalue weighted by Gasteiger charge is -2.40. The van der Waals surface area contributed by atoms with Crippen molar-refractivity contribution in [2.24, 2.45) is 16.3 Å². The van der Waals surface area contributed by atoms with E-state index in [2.05, 4.69) is 25.8 Å². The molecule has 0 radical (unpaired) electrons. The highest BCUT2D eigenvalue weighted by Crippen LogP contribution is 2.40. The number of amides is 3. The number of aliphatic imine (C=N–C) groups is 1. The summed E-state index contributed by atoms with van der Waals surface area (Å²) in [5.74, 6) is 0.789. The second-order valence-corrected chi connectivity index (χ2v) is 8.45. The molecule has 3 aliphatic rings. The predicted octanol–water partition coefficient (Wildman–Crippen LogP) is 0.815. The van der Waals surface area contributed by atoms with E-state index in [9.17, 15) is 14.7 Å². The minimum absolute atomic E-state index is 0.119. The summed E-state index contributed by atoms with van der Waals surface area (Å²) in [6, 6.07) is -0.395. The zero-order chi connectivity index (χ0) is 19.5. The average molecular weight is 380 g/mol. The molecule has 0 spiro atoms. The smallest absolute Gasteiger partial charge is 0.322 e. The molecule has 1 atom stereocenters. The van der Waals surface area contributed by atoms with Crippen LogP contribution in [0, 0.1) is 11.3 Å². The summed E-state index contributed by atoms with van der Waals surface area (Å²) < 4.78 is 0. The van der Waals surface area contributed by atoms with E-state index in [1.54, 1.807) is 7.05 Å². The number of likely N-dealkylation sites (tertiary alicyclic amines) is 1. The molecule has 0 bridgehead atoms. The van der Waals surface area contributed by atoms with Gasteiger partial charge in [0.05, 0.1) is 0 Å². The molecular weight excluding hydrogens is 346 g/mol. The van der Waals surface area contributed by atoms with Crippen LogP contribution >= 0.6 is 0 Å². The first-order valence-corrected chi connectivity index (χ1v) is 10.1. The highest BCUT2D eigenvalue weighted by molar-refractivity contribution is 6.07. The quantitative estimate of drug-likeness (QED) is 0.321. The van der Waals surface area contributed by atoms with Gasteiger partial charge in [0.15, 0.2) is 5.96 Å². The number of aliphatic hydroxyl groups excluding tert-OH is 1. The molecule has 0 aromatic carbocycles. The van der Waals surface area contributed by atoms with Gasteiger partial charge in [0.2, 0.25) is 0 Å². The highest BCUT2D eigenvalue weighted by atomic mass is 16.3. The number of hydrogen-bond donors (Lipinski definition) is 4. The highest BCUT2D eigenvalue weighted by Gasteiger charge is 2.48. The molecule has 1 unspecified atom stereocenters. The van der Waals surface area contributed by atoms with Gasteiger partial charge in [-0.1, -0.05) is 12.8 Å². The molecule has 8 heteroatoms. The maximum absolute atomic E-state index is 12.2. The lowest BCUT2D eigenvalue weighted by molar-refractivity contribution is -0.125. The van der Waals surface area contributed by atoms with Crippen molar-refractivity contribution in [1.82, 2.24) is 20.9 Å². The third kappa shape index (κ3) is 4.05. The Bertz CT molecular complexity index is 594. The topological polar surface area (TPSA) is 106 Å². The fraction of sp³-hybridized carbons (Fsp3) is 0.842. The molecule has 0 aromatic rings. The lowest BCUT2D eigenvalue weighted by atomic mass is 9.79. The number of carbonyl (C=O) groups excluding carboxylic acids is 2. The average Bonchev–Trinajstić information content (AvgIpc) is 3.21. The molecule has 2 aliphatic heterocycles. The number of guanidine groups is 1. The second kappa shape index (κ2) is 8.04. The molecule has 1 saturated carbocycles. The third-order valence-corrected chi connectivity index (χ3v) is 6.82.